The Morgan fingerprint density at radius 1 is 1.42 bits per heavy atom. The van der Waals surface area contributed by atoms with Gasteiger partial charge in [-0.05, 0) is 25.5 Å². The topological polar surface area (TPSA) is 113 Å². The summed E-state index contributed by atoms with van der Waals surface area (Å²) >= 11 is 7.79. The predicted molar refractivity (Wildman–Crippen MR) is 133 cm³/mol. The van der Waals surface area contributed by atoms with Crippen molar-refractivity contribution >= 4 is 40.7 Å². The summed E-state index contributed by atoms with van der Waals surface area (Å²) in [6, 6.07) is 3.15. The maximum atomic E-state index is 13.8. The number of benzene rings is 1. The Labute approximate surface area is 216 Å². The van der Waals surface area contributed by atoms with E-state index in [-0.39, 0.29) is 29.7 Å². The van der Waals surface area contributed by atoms with E-state index in [4.69, 9.17) is 31.2 Å². The Morgan fingerprint density at radius 2 is 2.25 bits per heavy atom. The molecule has 2 atom stereocenters. The molecule has 12 heteroatoms. The van der Waals surface area contributed by atoms with Gasteiger partial charge >= 0.3 is 11.9 Å². The number of thiazole rings is 1. The number of rotatable bonds is 9. The first-order chi connectivity index (χ1) is 17.4. The second-order valence-electron chi connectivity index (χ2n) is 8.28. The standard InChI is InChI=1S/C24H26ClFN4O5S/c1-2-34-24(33)20-18(13-30-8-9-35-15(12-30)4-6-19(31)32)28-22(23-27-7-10-36-23)29-21(20)16-5-3-14(26)11-17(16)25/h3,5,7,10-11,15,21H,2,4,6,8-9,12-13H2,1H3,(H,28,29)(H,31,32)/t15-,21-/m0/s1. The molecule has 1 aromatic carbocycles. The quantitative estimate of drug-likeness (QED) is 0.469. The van der Waals surface area contributed by atoms with Crippen molar-refractivity contribution < 1.29 is 28.6 Å². The molecule has 2 aliphatic rings. The number of hydrogen-bond acceptors (Lipinski definition) is 9. The van der Waals surface area contributed by atoms with Gasteiger partial charge in [0.25, 0.3) is 0 Å². The van der Waals surface area contributed by atoms with Gasteiger partial charge < -0.3 is 19.9 Å². The Morgan fingerprint density at radius 3 is 2.94 bits per heavy atom. The lowest BCUT2D eigenvalue weighted by molar-refractivity contribution is -0.139. The number of amidine groups is 1. The number of nitrogens with one attached hydrogen (secondary N) is 1. The Balaban J connectivity index is 1.71. The first kappa shape index (κ1) is 26.2. The maximum Gasteiger partial charge on any atom is 0.338 e. The van der Waals surface area contributed by atoms with Crippen molar-refractivity contribution in [1.29, 1.82) is 0 Å². The van der Waals surface area contributed by atoms with Gasteiger partial charge in [-0.3, -0.25) is 14.7 Å². The summed E-state index contributed by atoms with van der Waals surface area (Å²) in [7, 11) is 0. The number of morpholine rings is 1. The van der Waals surface area contributed by atoms with Gasteiger partial charge in [0, 0.05) is 53.9 Å². The lowest BCUT2D eigenvalue weighted by Gasteiger charge is -2.35. The van der Waals surface area contributed by atoms with Crippen LogP contribution >= 0.6 is 22.9 Å². The van der Waals surface area contributed by atoms with E-state index in [1.54, 1.807) is 13.1 Å². The van der Waals surface area contributed by atoms with E-state index >= 15 is 0 Å². The molecule has 2 N–H and O–H groups in total. The smallest absolute Gasteiger partial charge is 0.338 e. The number of ether oxygens (including phenoxy) is 2. The van der Waals surface area contributed by atoms with Crippen LogP contribution < -0.4 is 5.32 Å². The molecule has 3 heterocycles. The molecule has 0 spiro atoms. The van der Waals surface area contributed by atoms with Crippen LogP contribution in [0.25, 0.3) is 0 Å². The molecule has 36 heavy (non-hydrogen) atoms. The van der Waals surface area contributed by atoms with Crippen LogP contribution in [0.5, 0.6) is 0 Å². The number of esters is 1. The fourth-order valence-electron chi connectivity index (χ4n) is 4.17. The largest absolute Gasteiger partial charge is 0.481 e. The number of carbonyl (C=O) groups is 2. The van der Waals surface area contributed by atoms with Gasteiger partial charge in [0.05, 0.1) is 24.9 Å². The third-order valence-corrected chi connectivity index (χ3v) is 6.91. The van der Waals surface area contributed by atoms with Crippen molar-refractivity contribution in [1.82, 2.24) is 15.2 Å². The highest BCUT2D eigenvalue weighted by Gasteiger charge is 2.35. The van der Waals surface area contributed by atoms with Crippen molar-refractivity contribution in [3.63, 3.8) is 0 Å². The second kappa shape index (κ2) is 11.9. The highest BCUT2D eigenvalue weighted by atomic mass is 35.5. The van der Waals surface area contributed by atoms with Crippen molar-refractivity contribution in [2.75, 3.05) is 32.8 Å². The predicted octanol–water partition coefficient (Wildman–Crippen LogP) is 3.41. The molecule has 0 aliphatic carbocycles. The van der Waals surface area contributed by atoms with Crippen molar-refractivity contribution in [2.45, 2.75) is 31.9 Å². The lowest BCUT2D eigenvalue weighted by Crippen LogP contribution is -2.46. The number of aromatic nitrogens is 1. The van der Waals surface area contributed by atoms with Gasteiger partial charge in [0.1, 0.15) is 11.9 Å². The van der Waals surface area contributed by atoms with Gasteiger partial charge in [-0.1, -0.05) is 17.7 Å². The first-order valence-corrected chi connectivity index (χ1v) is 12.8. The molecule has 192 valence electrons. The Hall–Kier alpha value is -2.86. The van der Waals surface area contributed by atoms with E-state index in [1.165, 1.54) is 29.5 Å². The zero-order valence-electron chi connectivity index (χ0n) is 19.6. The molecule has 0 radical (unpaired) electrons. The molecule has 2 aliphatic heterocycles. The normalized spacial score (nSPS) is 20.6. The fraction of sp³-hybridized carbons (Fsp3) is 0.417. The minimum atomic E-state index is -0.875. The van der Waals surface area contributed by atoms with Crippen LogP contribution in [-0.4, -0.2) is 71.7 Å². The third kappa shape index (κ3) is 6.28. The number of carboxylic acids is 1. The maximum absolute atomic E-state index is 13.8. The Bertz CT molecular complexity index is 1170. The minimum absolute atomic E-state index is 0.0134. The number of aliphatic carboxylic acids is 1. The molecule has 1 fully saturated rings. The summed E-state index contributed by atoms with van der Waals surface area (Å²) in [5.41, 5.74) is 1.31. The highest BCUT2D eigenvalue weighted by molar-refractivity contribution is 7.11. The van der Waals surface area contributed by atoms with Crippen LogP contribution in [0.1, 0.15) is 36.4 Å². The van der Waals surface area contributed by atoms with Gasteiger partial charge in [0.15, 0.2) is 10.8 Å². The molecule has 0 saturated carbocycles. The zero-order chi connectivity index (χ0) is 25.7. The van der Waals surface area contributed by atoms with Crippen LogP contribution in [0.4, 0.5) is 4.39 Å². The number of halogens is 2. The molecule has 4 rings (SSSR count). The van der Waals surface area contributed by atoms with Crippen LogP contribution in [0, 0.1) is 5.82 Å². The van der Waals surface area contributed by atoms with Crippen LogP contribution in [0.3, 0.4) is 0 Å². The SMILES string of the molecule is CCOC(=O)C1=C(CN2CCO[C@@H](CCC(=O)O)C2)NC(c2nccs2)=N[C@H]1c1ccc(F)cc1Cl. The van der Waals surface area contributed by atoms with Crippen molar-refractivity contribution in [3.8, 4) is 0 Å². The van der Waals surface area contributed by atoms with Crippen molar-refractivity contribution in [2.24, 2.45) is 4.99 Å². The van der Waals surface area contributed by atoms with E-state index in [0.29, 0.717) is 54.8 Å². The summed E-state index contributed by atoms with van der Waals surface area (Å²) < 4.78 is 24.9. The number of carboxylic acid groups (broad SMARTS) is 1. The molecule has 0 bridgehead atoms. The van der Waals surface area contributed by atoms with E-state index < -0.39 is 23.8 Å². The van der Waals surface area contributed by atoms with Gasteiger partial charge in [-0.15, -0.1) is 11.3 Å². The summed E-state index contributed by atoms with van der Waals surface area (Å²) in [6.07, 6.45) is 1.82. The molecule has 1 saturated heterocycles. The van der Waals surface area contributed by atoms with Crippen LogP contribution in [0.15, 0.2) is 46.0 Å². The van der Waals surface area contributed by atoms with Gasteiger partial charge in [-0.25, -0.2) is 14.2 Å². The molecule has 1 aromatic heterocycles. The molecular formula is C24H26ClFN4O5S. The van der Waals surface area contributed by atoms with E-state index in [9.17, 15) is 14.0 Å². The number of carbonyl (C=O) groups excluding carboxylic acids is 1. The minimum Gasteiger partial charge on any atom is -0.481 e. The lowest BCUT2D eigenvalue weighted by atomic mass is 9.95. The summed E-state index contributed by atoms with van der Waals surface area (Å²) in [5, 5.41) is 14.9. The van der Waals surface area contributed by atoms with E-state index in [0.717, 1.165) is 0 Å². The second-order valence-corrected chi connectivity index (χ2v) is 9.58. The summed E-state index contributed by atoms with van der Waals surface area (Å²) in [6.45, 7) is 3.75. The Kier molecular flexibility index (Phi) is 8.68. The number of aliphatic imine (C=N–C) groups is 1. The average molecular weight is 537 g/mol. The highest BCUT2D eigenvalue weighted by Crippen LogP contribution is 2.37. The molecule has 9 nitrogen and oxygen atoms in total. The molecule has 0 amide bonds. The van der Waals surface area contributed by atoms with Crippen LogP contribution in [-0.2, 0) is 19.1 Å². The number of hydrogen-bond donors (Lipinski definition) is 2. The fourth-order valence-corrected chi connectivity index (χ4v) is 5.03. The van der Waals surface area contributed by atoms with E-state index in [2.05, 4.69) is 15.2 Å². The zero-order valence-corrected chi connectivity index (χ0v) is 21.1. The number of nitrogens with zero attached hydrogens (tertiary/aromatic N) is 3. The monoisotopic (exact) mass is 536 g/mol. The molecule has 0 unspecified atom stereocenters. The van der Waals surface area contributed by atoms with Gasteiger partial charge in [0.2, 0.25) is 0 Å². The average Bonchev–Trinajstić information content (AvgIpc) is 3.38. The summed E-state index contributed by atoms with van der Waals surface area (Å²) in [5.74, 6) is -1.46. The van der Waals surface area contributed by atoms with Gasteiger partial charge in [-0.2, -0.15) is 0 Å². The van der Waals surface area contributed by atoms with Crippen molar-refractivity contribution in [3.05, 3.63) is 62.5 Å². The third-order valence-electron chi connectivity index (χ3n) is 5.80. The summed E-state index contributed by atoms with van der Waals surface area (Å²) in [4.78, 5) is 35.4. The van der Waals surface area contributed by atoms with E-state index in [1.807, 2.05) is 5.38 Å². The molecule has 2 aromatic rings. The molecular weight excluding hydrogens is 511 g/mol. The first-order valence-electron chi connectivity index (χ1n) is 11.5. The van der Waals surface area contributed by atoms with Crippen LogP contribution in [0.2, 0.25) is 5.02 Å².